The molecular weight excluding hydrogens is 316 g/mol. The third-order valence-electron chi connectivity index (χ3n) is 4.88. The number of hydrogen-bond donors (Lipinski definition) is 3. The maximum atomic E-state index is 12.3. The third-order valence-corrected chi connectivity index (χ3v) is 4.88. The number of aromatic nitrogens is 2. The molecule has 2 amide bonds. The van der Waals surface area contributed by atoms with Gasteiger partial charge < -0.3 is 20.1 Å². The first-order valence-corrected chi connectivity index (χ1v) is 8.36. The van der Waals surface area contributed by atoms with E-state index in [1.807, 2.05) is 47.1 Å². The van der Waals surface area contributed by atoms with Gasteiger partial charge in [-0.25, -0.2) is 9.78 Å². The van der Waals surface area contributed by atoms with E-state index in [1.165, 1.54) is 0 Å². The van der Waals surface area contributed by atoms with Crippen molar-refractivity contribution < 1.29 is 9.90 Å². The molecule has 0 saturated heterocycles. The first kappa shape index (κ1) is 15.7. The molecule has 2 heterocycles. The molecule has 1 saturated carbocycles. The molecule has 4 rings (SSSR count). The number of fused-ring (bicyclic) bond motifs is 1. The molecule has 6 heteroatoms. The van der Waals surface area contributed by atoms with Crippen LogP contribution in [0.4, 0.5) is 10.5 Å². The van der Waals surface area contributed by atoms with Crippen molar-refractivity contribution in [2.75, 3.05) is 11.9 Å². The number of rotatable bonds is 4. The van der Waals surface area contributed by atoms with E-state index in [2.05, 4.69) is 27.8 Å². The minimum atomic E-state index is -0.298. The fraction of sp³-hybridized carbons (Fsp3) is 0.263. The van der Waals surface area contributed by atoms with Crippen LogP contribution in [-0.4, -0.2) is 33.2 Å². The molecule has 0 bridgehead atoms. The van der Waals surface area contributed by atoms with Gasteiger partial charge in [0.1, 0.15) is 5.65 Å². The lowest BCUT2D eigenvalue weighted by Crippen LogP contribution is -2.52. The number of nitrogens with zero attached hydrogens (tertiary/aromatic N) is 2. The number of nitrogens with one attached hydrogen (secondary N) is 2. The topological polar surface area (TPSA) is 78.7 Å². The standard InChI is InChI=1S/C19H20N4O2/c24-16-11-19(12-16,14-4-2-1-3-5-14)13-21-18(25)22-15-6-8-23-9-7-20-17(23)10-15/h1-10,16,24H,11-13H2,(H2,21,22,25). The van der Waals surface area contributed by atoms with E-state index in [4.69, 9.17) is 0 Å². The number of imidazole rings is 1. The van der Waals surface area contributed by atoms with Gasteiger partial charge in [0.25, 0.3) is 0 Å². The highest BCUT2D eigenvalue weighted by atomic mass is 16.3. The second-order valence-corrected chi connectivity index (χ2v) is 6.62. The van der Waals surface area contributed by atoms with Gasteiger partial charge in [-0.05, 0) is 24.5 Å². The molecule has 128 valence electrons. The van der Waals surface area contributed by atoms with Crippen LogP contribution in [0.1, 0.15) is 18.4 Å². The summed E-state index contributed by atoms with van der Waals surface area (Å²) in [5.41, 5.74) is 2.43. The van der Waals surface area contributed by atoms with Crippen LogP contribution in [-0.2, 0) is 5.41 Å². The van der Waals surface area contributed by atoms with Crippen LogP contribution in [0.15, 0.2) is 61.1 Å². The van der Waals surface area contributed by atoms with Crippen molar-refractivity contribution >= 4 is 17.4 Å². The number of hydrogen-bond acceptors (Lipinski definition) is 3. The van der Waals surface area contributed by atoms with Gasteiger partial charge in [0.05, 0.1) is 6.10 Å². The normalized spacial score (nSPS) is 22.4. The number of pyridine rings is 1. The van der Waals surface area contributed by atoms with Crippen molar-refractivity contribution in [2.24, 2.45) is 0 Å². The lowest BCUT2D eigenvalue weighted by molar-refractivity contribution is 0.0193. The zero-order valence-electron chi connectivity index (χ0n) is 13.7. The smallest absolute Gasteiger partial charge is 0.319 e. The Labute approximate surface area is 145 Å². The van der Waals surface area contributed by atoms with Gasteiger partial charge in [-0.3, -0.25) is 0 Å². The van der Waals surface area contributed by atoms with E-state index in [0.717, 1.165) is 11.2 Å². The van der Waals surface area contributed by atoms with Crippen molar-refractivity contribution in [3.63, 3.8) is 0 Å². The van der Waals surface area contributed by atoms with Crippen molar-refractivity contribution in [3.8, 4) is 0 Å². The number of urea groups is 1. The maximum absolute atomic E-state index is 12.3. The molecule has 3 aromatic rings. The van der Waals surface area contributed by atoms with Gasteiger partial charge >= 0.3 is 6.03 Å². The Morgan fingerprint density at radius 3 is 2.80 bits per heavy atom. The van der Waals surface area contributed by atoms with Crippen molar-refractivity contribution in [1.29, 1.82) is 0 Å². The fourth-order valence-corrected chi connectivity index (χ4v) is 3.53. The van der Waals surface area contributed by atoms with Gasteiger partial charge in [-0.1, -0.05) is 30.3 Å². The predicted molar refractivity (Wildman–Crippen MR) is 95.6 cm³/mol. The van der Waals surface area contributed by atoms with Crippen molar-refractivity contribution in [3.05, 3.63) is 66.6 Å². The summed E-state index contributed by atoms with van der Waals surface area (Å²) in [5, 5.41) is 15.6. The van der Waals surface area contributed by atoms with Gasteiger partial charge in [0.15, 0.2) is 0 Å². The third kappa shape index (κ3) is 3.08. The molecule has 25 heavy (non-hydrogen) atoms. The van der Waals surface area contributed by atoms with Crippen LogP contribution < -0.4 is 10.6 Å². The zero-order chi connectivity index (χ0) is 17.3. The van der Waals surface area contributed by atoms with E-state index >= 15 is 0 Å². The molecule has 0 aliphatic heterocycles. The maximum Gasteiger partial charge on any atom is 0.319 e. The Kier molecular flexibility index (Phi) is 3.89. The largest absolute Gasteiger partial charge is 0.393 e. The molecule has 1 fully saturated rings. The summed E-state index contributed by atoms with van der Waals surface area (Å²) in [6, 6.07) is 13.4. The zero-order valence-corrected chi connectivity index (χ0v) is 13.7. The SMILES string of the molecule is O=C(NCC1(c2ccccc2)CC(O)C1)Nc1ccn2ccnc2c1. The van der Waals surface area contributed by atoms with Crippen LogP contribution in [0.3, 0.4) is 0 Å². The summed E-state index contributed by atoms with van der Waals surface area (Å²) in [4.78, 5) is 16.5. The molecule has 1 aliphatic rings. The molecule has 6 nitrogen and oxygen atoms in total. The van der Waals surface area contributed by atoms with Gasteiger partial charge in [0.2, 0.25) is 0 Å². The molecule has 2 aromatic heterocycles. The summed E-state index contributed by atoms with van der Waals surface area (Å²) in [7, 11) is 0. The number of carbonyl (C=O) groups is 1. The highest BCUT2D eigenvalue weighted by Crippen LogP contribution is 2.43. The predicted octanol–water partition coefficient (Wildman–Crippen LogP) is 2.55. The van der Waals surface area contributed by atoms with Gasteiger partial charge in [-0.15, -0.1) is 0 Å². The molecular formula is C19H20N4O2. The quantitative estimate of drug-likeness (QED) is 0.685. The highest BCUT2D eigenvalue weighted by Gasteiger charge is 2.44. The number of amides is 2. The molecule has 1 aliphatic carbocycles. The molecule has 0 atom stereocenters. The monoisotopic (exact) mass is 336 g/mol. The van der Waals surface area contributed by atoms with Gasteiger partial charge in [-0.2, -0.15) is 0 Å². The lowest BCUT2D eigenvalue weighted by Gasteiger charge is -2.46. The Bertz CT molecular complexity index is 885. The van der Waals surface area contributed by atoms with Crippen LogP contribution in [0, 0.1) is 0 Å². The van der Waals surface area contributed by atoms with E-state index in [-0.39, 0.29) is 17.6 Å². The Morgan fingerprint density at radius 2 is 2.04 bits per heavy atom. The summed E-state index contributed by atoms with van der Waals surface area (Å²) < 4.78 is 1.88. The summed E-state index contributed by atoms with van der Waals surface area (Å²) >= 11 is 0. The second-order valence-electron chi connectivity index (χ2n) is 6.62. The van der Waals surface area contributed by atoms with E-state index in [9.17, 15) is 9.90 Å². The molecule has 0 radical (unpaired) electrons. The first-order valence-electron chi connectivity index (χ1n) is 8.36. The number of aliphatic hydroxyl groups is 1. The molecule has 0 unspecified atom stereocenters. The number of benzene rings is 1. The minimum Gasteiger partial charge on any atom is -0.393 e. The fourth-order valence-electron chi connectivity index (χ4n) is 3.53. The van der Waals surface area contributed by atoms with Crippen LogP contribution >= 0.6 is 0 Å². The lowest BCUT2D eigenvalue weighted by atomic mass is 9.62. The van der Waals surface area contributed by atoms with E-state index in [1.54, 1.807) is 6.20 Å². The number of aliphatic hydroxyl groups excluding tert-OH is 1. The van der Waals surface area contributed by atoms with Crippen LogP contribution in [0.5, 0.6) is 0 Å². The first-order chi connectivity index (χ1) is 12.1. The van der Waals surface area contributed by atoms with Crippen molar-refractivity contribution in [2.45, 2.75) is 24.4 Å². The summed E-state index contributed by atoms with van der Waals surface area (Å²) in [6.07, 6.45) is 6.45. The second kappa shape index (κ2) is 6.22. The van der Waals surface area contributed by atoms with E-state index in [0.29, 0.717) is 25.1 Å². The number of carbonyl (C=O) groups excluding carboxylic acids is 1. The summed E-state index contributed by atoms with van der Waals surface area (Å²) in [6.45, 7) is 0.492. The Balaban J connectivity index is 1.42. The molecule has 3 N–H and O–H groups in total. The van der Waals surface area contributed by atoms with Crippen LogP contribution in [0.2, 0.25) is 0 Å². The number of anilines is 1. The molecule has 0 spiro atoms. The minimum absolute atomic E-state index is 0.189. The van der Waals surface area contributed by atoms with E-state index < -0.39 is 0 Å². The van der Waals surface area contributed by atoms with Crippen molar-refractivity contribution in [1.82, 2.24) is 14.7 Å². The van der Waals surface area contributed by atoms with Crippen LogP contribution in [0.25, 0.3) is 5.65 Å². The van der Waals surface area contributed by atoms with Gasteiger partial charge in [0, 0.05) is 42.3 Å². The summed E-state index contributed by atoms with van der Waals surface area (Å²) in [5.74, 6) is 0. The molecule has 1 aromatic carbocycles. The Hall–Kier alpha value is -2.86. The highest BCUT2D eigenvalue weighted by molar-refractivity contribution is 5.89. The Morgan fingerprint density at radius 1 is 1.24 bits per heavy atom. The average Bonchev–Trinajstić information content (AvgIpc) is 3.06. The average molecular weight is 336 g/mol.